The van der Waals surface area contributed by atoms with Crippen LogP contribution in [0.5, 0.6) is 0 Å². The maximum absolute atomic E-state index is 13.1. The summed E-state index contributed by atoms with van der Waals surface area (Å²) in [5.74, 6) is -0.233. The Bertz CT molecular complexity index is 997. The first-order valence-corrected chi connectivity index (χ1v) is 12.4. The van der Waals surface area contributed by atoms with Crippen LogP contribution in [0.25, 0.3) is 0 Å². The Morgan fingerprint density at radius 2 is 1.68 bits per heavy atom. The van der Waals surface area contributed by atoms with E-state index in [0.29, 0.717) is 32.5 Å². The van der Waals surface area contributed by atoms with E-state index in [4.69, 9.17) is 0 Å². The summed E-state index contributed by atoms with van der Waals surface area (Å²) in [5.41, 5.74) is 3.27. The van der Waals surface area contributed by atoms with Gasteiger partial charge in [-0.05, 0) is 57.2 Å². The van der Waals surface area contributed by atoms with Gasteiger partial charge in [0.2, 0.25) is 17.7 Å². The van der Waals surface area contributed by atoms with Crippen molar-refractivity contribution in [1.29, 1.82) is 0 Å². The van der Waals surface area contributed by atoms with Gasteiger partial charge in [0.05, 0.1) is 5.92 Å². The summed E-state index contributed by atoms with van der Waals surface area (Å²) in [6.45, 7) is 5.64. The van der Waals surface area contributed by atoms with Crippen LogP contribution in [0, 0.1) is 18.8 Å². The summed E-state index contributed by atoms with van der Waals surface area (Å²) < 4.78 is 0. The van der Waals surface area contributed by atoms with Crippen molar-refractivity contribution in [2.45, 2.75) is 52.0 Å². The maximum Gasteiger partial charge on any atom is 0.228 e. The molecule has 0 saturated carbocycles. The van der Waals surface area contributed by atoms with Gasteiger partial charge in [-0.1, -0.05) is 48.0 Å². The van der Waals surface area contributed by atoms with Gasteiger partial charge in [-0.2, -0.15) is 0 Å². The van der Waals surface area contributed by atoms with Gasteiger partial charge < -0.3 is 15.1 Å². The Labute approximate surface area is 202 Å². The van der Waals surface area contributed by atoms with Gasteiger partial charge >= 0.3 is 0 Å². The van der Waals surface area contributed by atoms with Crippen molar-refractivity contribution in [2.75, 3.05) is 24.5 Å². The molecule has 34 heavy (non-hydrogen) atoms. The highest BCUT2D eigenvalue weighted by atomic mass is 16.2. The molecule has 2 fully saturated rings. The summed E-state index contributed by atoms with van der Waals surface area (Å²) in [6, 6.07) is 18.3. The quantitative estimate of drug-likeness (QED) is 0.683. The smallest absolute Gasteiger partial charge is 0.228 e. The van der Waals surface area contributed by atoms with Gasteiger partial charge in [0.15, 0.2) is 0 Å². The molecule has 0 aliphatic carbocycles. The van der Waals surface area contributed by atoms with Crippen molar-refractivity contribution in [3.05, 3.63) is 65.7 Å². The average molecular weight is 462 g/mol. The number of anilines is 1. The molecule has 2 aliphatic rings. The molecule has 2 aromatic rings. The first-order chi connectivity index (χ1) is 16.4. The minimum absolute atomic E-state index is 0.000886. The molecule has 6 nitrogen and oxygen atoms in total. The van der Waals surface area contributed by atoms with Crippen LogP contribution in [0.15, 0.2) is 54.6 Å². The number of carbonyl (C=O) groups excluding carboxylic acids is 3. The zero-order valence-corrected chi connectivity index (χ0v) is 20.2. The van der Waals surface area contributed by atoms with Crippen LogP contribution in [0.3, 0.4) is 0 Å². The molecule has 6 heteroatoms. The number of aryl methyl sites for hydroxylation is 2. The number of nitrogens with one attached hydrogen (secondary N) is 1. The van der Waals surface area contributed by atoms with Crippen LogP contribution >= 0.6 is 0 Å². The van der Waals surface area contributed by atoms with Crippen molar-refractivity contribution in [1.82, 2.24) is 10.2 Å². The highest BCUT2D eigenvalue weighted by Crippen LogP contribution is 2.28. The number of hydrogen-bond acceptors (Lipinski definition) is 3. The molecule has 0 aromatic heterocycles. The van der Waals surface area contributed by atoms with E-state index in [1.54, 1.807) is 4.90 Å². The molecule has 2 atom stereocenters. The summed E-state index contributed by atoms with van der Waals surface area (Å²) in [6.07, 6.45) is 3.44. The highest BCUT2D eigenvalue weighted by Gasteiger charge is 2.38. The number of benzene rings is 2. The fourth-order valence-electron chi connectivity index (χ4n) is 4.93. The van der Waals surface area contributed by atoms with Gasteiger partial charge in [0.1, 0.15) is 0 Å². The number of nitrogens with zero attached hydrogens (tertiary/aromatic N) is 2. The van der Waals surface area contributed by atoms with E-state index in [0.717, 1.165) is 24.1 Å². The van der Waals surface area contributed by atoms with Crippen molar-refractivity contribution >= 4 is 23.4 Å². The van der Waals surface area contributed by atoms with Crippen LogP contribution in [0.1, 0.15) is 43.7 Å². The van der Waals surface area contributed by atoms with Crippen LogP contribution in [0.4, 0.5) is 5.69 Å². The Kier molecular flexibility index (Phi) is 7.66. The van der Waals surface area contributed by atoms with Crippen molar-refractivity contribution in [3.63, 3.8) is 0 Å². The van der Waals surface area contributed by atoms with Crippen LogP contribution < -0.4 is 10.2 Å². The molecule has 3 amide bonds. The standard InChI is InChI=1S/C28H35N3O3/c1-20-8-12-25(13-9-20)31-19-24(18-26(31)32)28(34)30-16-14-23(15-17-30)27(33)29-21(2)10-11-22-6-4-3-5-7-22/h3-9,12-13,21,23-24H,10-11,14-19H2,1-2H3,(H,29,33)/t21-,24-/m1/s1. The summed E-state index contributed by atoms with van der Waals surface area (Å²) in [7, 11) is 0. The lowest BCUT2D eigenvalue weighted by molar-refractivity contribution is -0.139. The second kappa shape index (κ2) is 10.9. The molecular formula is C28H35N3O3. The predicted octanol–water partition coefficient (Wildman–Crippen LogP) is 3.72. The van der Waals surface area contributed by atoms with Crippen LogP contribution in [0.2, 0.25) is 0 Å². The van der Waals surface area contributed by atoms with Crippen molar-refractivity contribution in [2.24, 2.45) is 11.8 Å². The molecule has 2 heterocycles. The molecule has 0 radical (unpaired) electrons. The monoisotopic (exact) mass is 461 g/mol. The number of carbonyl (C=O) groups is 3. The Balaban J connectivity index is 1.22. The minimum Gasteiger partial charge on any atom is -0.353 e. The summed E-state index contributed by atoms with van der Waals surface area (Å²) >= 11 is 0. The molecule has 2 saturated heterocycles. The topological polar surface area (TPSA) is 69.7 Å². The summed E-state index contributed by atoms with van der Waals surface area (Å²) in [4.78, 5) is 42.0. The molecule has 0 spiro atoms. The Hall–Kier alpha value is -3.15. The molecule has 0 unspecified atom stereocenters. The van der Waals surface area contributed by atoms with E-state index >= 15 is 0 Å². The largest absolute Gasteiger partial charge is 0.353 e. The predicted molar refractivity (Wildman–Crippen MR) is 133 cm³/mol. The fraction of sp³-hybridized carbons (Fsp3) is 0.464. The normalized spacial score (nSPS) is 19.8. The molecule has 4 rings (SSSR count). The molecule has 0 bridgehead atoms. The third kappa shape index (κ3) is 5.85. The van der Waals surface area contributed by atoms with E-state index in [1.165, 1.54) is 5.56 Å². The fourth-order valence-corrected chi connectivity index (χ4v) is 4.93. The van der Waals surface area contributed by atoms with E-state index in [-0.39, 0.29) is 42.0 Å². The lowest BCUT2D eigenvalue weighted by Gasteiger charge is -2.33. The van der Waals surface area contributed by atoms with Gasteiger partial charge in [0, 0.05) is 43.7 Å². The van der Waals surface area contributed by atoms with Gasteiger partial charge in [0.25, 0.3) is 0 Å². The number of amides is 3. The Morgan fingerprint density at radius 3 is 2.35 bits per heavy atom. The molecule has 2 aliphatic heterocycles. The van der Waals surface area contributed by atoms with Crippen LogP contribution in [-0.2, 0) is 20.8 Å². The molecule has 180 valence electrons. The van der Waals surface area contributed by atoms with Gasteiger partial charge in [-0.3, -0.25) is 14.4 Å². The van der Waals surface area contributed by atoms with Crippen LogP contribution in [-0.4, -0.2) is 48.3 Å². The zero-order chi connectivity index (χ0) is 24.1. The SMILES string of the molecule is Cc1ccc(N2C[C@H](C(=O)N3CCC(C(=O)N[C@H](C)CCc4ccccc4)CC3)CC2=O)cc1. The lowest BCUT2D eigenvalue weighted by atomic mass is 9.94. The highest BCUT2D eigenvalue weighted by molar-refractivity contribution is 6.00. The average Bonchev–Trinajstić information content (AvgIpc) is 3.25. The maximum atomic E-state index is 13.1. The second-order valence-electron chi connectivity index (χ2n) is 9.77. The number of piperidine rings is 1. The van der Waals surface area contributed by atoms with Gasteiger partial charge in [-0.25, -0.2) is 0 Å². The lowest BCUT2D eigenvalue weighted by Crippen LogP contribution is -2.46. The molecule has 2 aromatic carbocycles. The number of rotatable bonds is 7. The van der Waals surface area contributed by atoms with E-state index < -0.39 is 0 Å². The summed E-state index contributed by atoms with van der Waals surface area (Å²) in [5, 5.41) is 3.16. The van der Waals surface area contributed by atoms with Crippen molar-refractivity contribution in [3.8, 4) is 0 Å². The number of likely N-dealkylation sites (tertiary alicyclic amines) is 1. The zero-order valence-electron chi connectivity index (χ0n) is 20.2. The van der Waals surface area contributed by atoms with E-state index in [1.807, 2.05) is 54.3 Å². The third-order valence-corrected chi connectivity index (χ3v) is 7.09. The number of hydrogen-bond donors (Lipinski definition) is 1. The Morgan fingerprint density at radius 1 is 1.00 bits per heavy atom. The van der Waals surface area contributed by atoms with Gasteiger partial charge in [-0.15, -0.1) is 0 Å². The second-order valence-corrected chi connectivity index (χ2v) is 9.77. The first kappa shape index (κ1) is 24.0. The van der Waals surface area contributed by atoms with E-state index in [9.17, 15) is 14.4 Å². The van der Waals surface area contributed by atoms with E-state index in [2.05, 4.69) is 24.4 Å². The van der Waals surface area contributed by atoms with Crippen molar-refractivity contribution < 1.29 is 14.4 Å². The minimum atomic E-state index is -0.308. The molecule has 1 N–H and O–H groups in total. The molecular weight excluding hydrogens is 426 g/mol. The third-order valence-electron chi connectivity index (χ3n) is 7.09. The first-order valence-electron chi connectivity index (χ1n) is 12.4.